The number of aryl methyl sites for hydroxylation is 1. The van der Waals surface area contributed by atoms with E-state index in [9.17, 15) is 9.59 Å². The Morgan fingerprint density at radius 1 is 1.25 bits per heavy atom. The molecule has 1 aromatic heterocycles. The number of benzene rings is 1. The van der Waals surface area contributed by atoms with Crippen molar-refractivity contribution in [3.63, 3.8) is 0 Å². The van der Waals surface area contributed by atoms with Gasteiger partial charge in [0, 0.05) is 55.8 Å². The van der Waals surface area contributed by atoms with Gasteiger partial charge in [0.2, 0.25) is 5.91 Å². The van der Waals surface area contributed by atoms with E-state index in [4.69, 9.17) is 0 Å². The van der Waals surface area contributed by atoms with E-state index in [1.165, 1.54) is 0 Å². The van der Waals surface area contributed by atoms with Crippen molar-refractivity contribution in [2.75, 3.05) is 13.6 Å². The van der Waals surface area contributed by atoms with Gasteiger partial charge in [-0.25, -0.2) is 0 Å². The van der Waals surface area contributed by atoms with Gasteiger partial charge in [-0.1, -0.05) is 6.07 Å². The van der Waals surface area contributed by atoms with E-state index in [0.717, 1.165) is 35.9 Å². The van der Waals surface area contributed by atoms with Gasteiger partial charge in [0.05, 0.1) is 0 Å². The zero-order valence-corrected chi connectivity index (χ0v) is 14.2. The van der Waals surface area contributed by atoms with Crippen LogP contribution >= 0.6 is 0 Å². The van der Waals surface area contributed by atoms with E-state index < -0.39 is 0 Å². The summed E-state index contributed by atoms with van der Waals surface area (Å²) in [5.41, 5.74) is 1.84. The first kappa shape index (κ1) is 15.2. The van der Waals surface area contributed by atoms with Gasteiger partial charge in [-0.05, 0) is 42.9 Å². The van der Waals surface area contributed by atoms with E-state index in [-0.39, 0.29) is 17.9 Å². The number of hydrogen-bond donors (Lipinski definition) is 1. The smallest absolute Gasteiger partial charge is 0.254 e. The highest BCUT2D eigenvalue weighted by molar-refractivity contribution is 6.06. The van der Waals surface area contributed by atoms with Gasteiger partial charge in [0.1, 0.15) is 0 Å². The van der Waals surface area contributed by atoms with Crippen molar-refractivity contribution in [2.24, 2.45) is 18.9 Å². The quantitative estimate of drug-likeness (QED) is 0.920. The number of fused-ring (bicyclic) bond motifs is 2. The van der Waals surface area contributed by atoms with Crippen molar-refractivity contribution in [2.45, 2.75) is 25.3 Å². The number of aromatic nitrogens is 1. The lowest BCUT2D eigenvalue weighted by Gasteiger charge is -2.25. The first-order valence-corrected chi connectivity index (χ1v) is 8.62. The lowest BCUT2D eigenvalue weighted by Crippen LogP contribution is -2.38. The molecule has 2 heterocycles. The van der Waals surface area contributed by atoms with Crippen LogP contribution in [0.3, 0.4) is 0 Å². The lowest BCUT2D eigenvalue weighted by molar-refractivity contribution is -0.124. The molecule has 0 unspecified atom stereocenters. The van der Waals surface area contributed by atoms with Gasteiger partial charge >= 0.3 is 0 Å². The minimum Gasteiger partial charge on any atom is -0.356 e. The van der Waals surface area contributed by atoms with Gasteiger partial charge in [-0.2, -0.15) is 0 Å². The van der Waals surface area contributed by atoms with Crippen LogP contribution in [0.5, 0.6) is 0 Å². The van der Waals surface area contributed by atoms with Gasteiger partial charge in [-0.15, -0.1) is 0 Å². The van der Waals surface area contributed by atoms with Crippen molar-refractivity contribution in [1.29, 1.82) is 0 Å². The van der Waals surface area contributed by atoms with Crippen LogP contribution in [-0.2, 0) is 11.8 Å². The number of nitrogens with zero attached hydrogens (tertiary/aromatic N) is 2. The standard InChI is InChI=1S/C19H23N3O2/c1-21-7-6-15-16(4-3-5-17(15)21)19(24)22(2)14-8-12-10-18(23)20-11-13(12)9-14/h3-7,12-14H,8-11H2,1-2H3,(H,20,23)/t12-,13+,14-/m1/s1. The van der Waals surface area contributed by atoms with Gasteiger partial charge in [0.15, 0.2) is 0 Å². The average Bonchev–Trinajstić information content (AvgIpc) is 3.17. The average molecular weight is 325 g/mol. The second kappa shape index (κ2) is 5.65. The van der Waals surface area contributed by atoms with Gasteiger partial charge in [0.25, 0.3) is 5.91 Å². The van der Waals surface area contributed by atoms with E-state index in [1.54, 1.807) is 0 Å². The second-order valence-corrected chi connectivity index (χ2v) is 7.23. The molecule has 1 aliphatic heterocycles. The molecular formula is C19H23N3O2. The summed E-state index contributed by atoms with van der Waals surface area (Å²) in [4.78, 5) is 26.5. The fraction of sp³-hybridized carbons (Fsp3) is 0.474. The second-order valence-electron chi connectivity index (χ2n) is 7.23. The highest BCUT2D eigenvalue weighted by Gasteiger charge is 2.40. The van der Waals surface area contributed by atoms with Crippen LogP contribution in [0.2, 0.25) is 0 Å². The van der Waals surface area contributed by atoms with E-state index in [1.807, 2.05) is 54.0 Å². The molecule has 0 spiro atoms. The molecule has 2 fully saturated rings. The Bertz CT molecular complexity index is 810. The summed E-state index contributed by atoms with van der Waals surface area (Å²) >= 11 is 0. The number of rotatable bonds is 2. The van der Waals surface area contributed by atoms with E-state index >= 15 is 0 Å². The van der Waals surface area contributed by atoms with E-state index in [2.05, 4.69) is 5.32 Å². The Morgan fingerprint density at radius 2 is 2.04 bits per heavy atom. The molecule has 2 amide bonds. The molecule has 2 aromatic rings. The Morgan fingerprint density at radius 3 is 2.88 bits per heavy atom. The Hall–Kier alpha value is -2.30. The summed E-state index contributed by atoms with van der Waals surface area (Å²) in [5, 5.41) is 3.96. The third-order valence-corrected chi connectivity index (χ3v) is 5.85. The number of carbonyl (C=O) groups excluding carboxylic acids is 2. The number of amides is 2. The fourth-order valence-corrected chi connectivity index (χ4v) is 4.40. The SMILES string of the molecule is CN(C(=O)c1cccc2c1ccn2C)[C@H]1C[C@H]2CNC(=O)C[C@H]2C1. The summed E-state index contributed by atoms with van der Waals surface area (Å²) < 4.78 is 2.04. The molecule has 1 aliphatic carbocycles. The fourth-order valence-electron chi connectivity index (χ4n) is 4.40. The van der Waals surface area contributed by atoms with Crippen LogP contribution in [0.4, 0.5) is 0 Å². The molecule has 4 rings (SSSR count). The van der Waals surface area contributed by atoms with E-state index in [0.29, 0.717) is 18.3 Å². The summed E-state index contributed by atoms with van der Waals surface area (Å²) in [7, 11) is 3.90. The molecule has 1 aromatic carbocycles. The predicted molar refractivity (Wildman–Crippen MR) is 92.6 cm³/mol. The number of nitrogens with one attached hydrogen (secondary N) is 1. The molecule has 5 nitrogen and oxygen atoms in total. The topological polar surface area (TPSA) is 54.3 Å². The highest BCUT2D eigenvalue weighted by atomic mass is 16.2. The van der Waals surface area contributed by atoms with Crippen LogP contribution in [0, 0.1) is 11.8 Å². The molecule has 2 aliphatic rings. The third kappa shape index (κ3) is 2.39. The first-order valence-electron chi connectivity index (χ1n) is 8.62. The third-order valence-electron chi connectivity index (χ3n) is 5.85. The Kier molecular flexibility index (Phi) is 3.59. The van der Waals surface area contributed by atoms with Crippen LogP contribution in [0.15, 0.2) is 30.5 Å². The molecule has 0 bridgehead atoms. The maximum absolute atomic E-state index is 13.1. The Balaban J connectivity index is 1.57. The number of carbonyl (C=O) groups is 2. The molecule has 1 N–H and O–H groups in total. The van der Waals surface area contributed by atoms with Crippen LogP contribution < -0.4 is 5.32 Å². The zero-order valence-electron chi connectivity index (χ0n) is 14.2. The predicted octanol–water partition coefficient (Wildman–Crippen LogP) is 2.17. The summed E-state index contributed by atoms with van der Waals surface area (Å²) in [6, 6.07) is 8.12. The molecule has 5 heteroatoms. The molecule has 1 saturated heterocycles. The lowest BCUT2D eigenvalue weighted by atomic mass is 9.89. The molecule has 24 heavy (non-hydrogen) atoms. The van der Waals surface area contributed by atoms with Crippen molar-refractivity contribution >= 4 is 22.7 Å². The number of hydrogen-bond acceptors (Lipinski definition) is 2. The van der Waals surface area contributed by atoms with Crippen molar-refractivity contribution < 1.29 is 9.59 Å². The number of piperidine rings is 1. The molecule has 126 valence electrons. The molecule has 1 saturated carbocycles. The maximum Gasteiger partial charge on any atom is 0.254 e. The van der Waals surface area contributed by atoms with Crippen molar-refractivity contribution in [3.8, 4) is 0 Å². The molecule has 3 atom stereocenters. The maximum atomic E-state index is 13.1. The largest absolute Gasteiger partial charge is 0.356 e. The first-order chi connectivity index (χ1) is 11.5. The summed E-state index contributed by atoms with van der Waals surface area (Å²) in [6.45, 7) is 0.760. The Labute approximate surface area is 141 Å². The summed E-state index contributed by atoms with van der Waals surface area (Å²) in [6.07, 6.45) is 4.52. The van der Waals surface area contributed by atoms with Gasteiger partial charge < -0.3 is 14.8 Å². The van der Waals surface area contributed by atoms with Crippen LogP contribution in [-0.4, -0.2) is 40.9 Å². The monoisotopic (exact) mass is 325 g/mol. The molecule has 0 radical (unpaired) electrons. The van der Waals surface area contributed by atoms with Gasteiger partial charge in [-0.3, -0.25) is 9.59 Å². The van der Waals surface area contributed by atoms with Crippen molar-refractivity contribution in [1.82, 2.24) is 14.8 Å². The summed E-state index contributed by atoms with van der Waals surface area (Å²) in [5.74, 6) is 1.16. The highest BCUT2D eigenvalue weighted by Crippen LogP contribution is 2.38. The van der Waals surface area contributed by atoms with Crippen LogP contribution in [0.25, 0.3) is 10.9 Å². The minimum absolute atomic E-state index is 0.0785. The van der Waals surface area contributed by atoms with Crippen molar-refractivity contribution in [3.05, 3.63) is 36.0 Å². The minimum atomic E-state index is 0.0785. The molecular weight excluding hydrogens is 302 g/mol. The normalized spacial score (nSPS) is 26.2. The van der Waals surface area contributed by atoms with Crippen LogP contribution in [0.1, 0.15) is 29.6 Å². The zero-order chi connectivity index (χ0) is 16.8.